The van der Waals surface area contributed by atoms with E-state index in [0.717, 1.165) is 23.0 Å². The highest BCUT2D eigenvalue weighted by Crippen LogP contribution is 2.28. The zero-order valence-electron chi connectivity index (χ0n) is 14.0. The third-order valence-corrected chi connectivity index (χ3v) is 3.39. The van der Waals surface area contributed by atoms with E-state index in [-0.39, 0.29) is 11.5 Å². The van der Waals surface area contributed by atoms with Crippen molar-refractivity contribution in [2.75, 3.05) is 19.4 Å². The maximum Gasteiger partial charge on any atom is 0.311 e. The first-order valence-electron chi connectivity index (χ1n) is 7.65. The molecule has 3 aromatic rings. The molecule has 0 radical (unpaired) electrons. The van der Waals surface area contributed by atoms with Gasteiger partial charge >= 0.3 is 5.69 Å². The molecule has 2 heterocycles. The summed E-state index contributed by atoms with van der Waals surface area (Å²) in [6.07, 6.45) is 4.44. The van der Waals surface area contributed by atoms with Gasteiger partial charge in [-0.1, -0.05) is 6.92 Å². The minimum Gasteiger partial charge on any atom is -0.361 e. The van der Waals surface area contributed by atoms with Crippen LogP contribution in [0.1, 0.15) is 12.5 Å². The first kappa shape index (κ1) is 17.4. The molecule has 0 aliphatic heterocycles. The Balaban J connectivity index is 0.000000647. The molecule has 0 bridgehead atoms. The van der Waals surface area contributed by atoms with Gasteiger partial charge < -0.3 is 15.6 Å². The minimum absolute atomic E-state index is 0.0395. The summed E-state index contributed by atoms with van der Waals surface area (Å²) in [6.45, 7) is 2.09. The Hall–Kier alpha value is -2.93. The lowest BCUT2D eigenvalue weighted by molar-refractivity contribution is -0.384. The van der Waals surface area contributed by atoms with Crippen LogP contribution in [-0.4, -0.2) is 29.0 Å². The number of nitrogens with zero attached hydrogens (tertiary/aromatic N) is 2. The maximum atomic E-state index is 11.0. The van der Waals surface area contributed by atoms with E-state index < -0.39 is 4.92 Å². The topological polar surface area (TPSA) is 95.9 Å². The van der Waals surface area contributed by atoms with Gasteiger partial charge in [-0.2, -0.15) is 0 Å². The third-order valence-electron chi connectivity index (χ3n) is 3.39. The van der Waals surface area contributed by atoms with E-state index in [0.29, 0.717) is 0 Å². The SMILES string of the molecule is CCc1c[nH]c2ccc(Nc3ncccc3[N+](=O)[O-])cc12.CNC. The van der Waals surface area contributed by atoms with Gasteiger partial charge in [-0.3, -0.25) is 10.1 Å². The van der Waals surface area contributed by atoms with E-state index in [9.17, 15) is 10.1 Å². The smallest absolute Gasteiger partial charge is 0.311 e. The lowest BCUT2D eigenvalue weighted by Crippen LogP contribution is -1.99. The molecule has 0 atom stereocenters. The van der Waals surface area contributed by atoms with Gasteiger partial charge in [-0.05, 0) is 50.3 Å². The minimum atomic E-state index is -0.443. The van der Waals surface area contributed by atoms with E-state index in [4.69, 9.17) is 0 Å². The van der Waals surface area contributed by atoms with E-state index in [1.165, 1.54) is 17.8 Å². The number of anilines is 2. The lowest BCUT2D eigenvalue weighted by Gasteiger charge is -2.06. The normalized spacial score (nSPS) is 10.1. The summed E-state index contributed by atoms with van der Waals surface area (Å²) in [5.74, 6) is 0.246. The van der Waals surface area contributed by atoms with Gasteiger partial charge in [-0.25, -0.2) is 4.98 Å². The molecule has 2 aromatic heterocycles. The molecule has 7 nitrogen and oxygen atoms in total. The largest absolute Gasteiger partial charge is 0.361 e. The molecule has 0 aliphatic rings. The van der Waals surface area contributed by atoms with Gasteiger partial charge in [0.25, 0.3) is 0 Å². The van der Waals surface area contributed by atoms with Crippen molar-refractivity contribution in [3.63, 3.8) is 0 Å². The number of benzene rings is 1. The first-order valence-corrected chi connectivity index (χ1v) is 7.65. The number of nitrogens with one attached hydrogen (secondary N) is 3. The van der Waals surface area contributed by atoms with Crippen molar-refractivity contribution in [1.29, 1.82) is 0 Å². The fourth-order valence-corrected chi connectivity index (χ4v) is 2.33. The zero-order chi connectivity index (χ0) is 17.5. The van der Waals surface area contributed by atoms with Crippen LogP contribution < -0.4 is 10.6 Å². The Kier molecular flexibility index (Phi) is 5.86. The number of hydrogen-bond donors (Lipinski definition) is 3. The standard InChI is InChI=1S/C15H14N4O2.C2H7N/c1-2-10-9-17-13-6-5-11(8-12(10)13)18-15-14(19(20)21)4-3-7-16-15;1-3-2/h3-9,17H,2H2,1H3,(H,16,18);3H,1-2H3. The van der Waals surface area contributed by atoms with Crippen molar-refractivity contribution >= 4 is 28.1 Å². The highest BCUT2D eigenvalue weighted by Gasteiger charge is 2.14. The number of hydrogen-bond acceptors (Lipinski definition) is 5. The summed E-state index contributed by atoms with van der Waals surface area (Å²) in [5.41, 5.74) is 3.00. The van der Waals surface area contributed by atoms with Crippen molar-refractivity contribution in [3.05, 3.63) is 58.4 Å². The highest BCUT2D eigenvalue weighted by molar-refractivity contribution is 5.87. The van der Waals surface area contributed by atoms with Crippen molar-refractivity contribution in [3.8, 4) is 0 Å². The van der Waals surface area contributed by atoms with Gasteiger partial charge in [0.1, 0.15) is 0 Å². The molecule has 1 aromatic carbocycles. The van der Waals surface area contributed by atoms with Crippen LogP contribution in [0.3, 0.4) is 0 Å². The van der Waals surface area contributed by atoms with Gasteiger partial charge in [0.15, 0.2) is 0 Å². The molecule has 24 heavy (non-hydrogen) atoms. The van der Waals surface area contributed by atoms with E-state index in [2.05, 4.69) is 27.5 Å². The molecular formula is C17H21N5O2. The Morgan fingerprint density at radius 2 is 2.04 bits per heavy atom. The molecule has 0 aliphatic carbocycles. The van der Waals surface area contributed by atoms with Crippen LogP contribution in [0.4, 0.5) is 17.2 Å². The van der Waals surface area contributed by atoms with Crippen LogP contribution in [0.25, 0.3) is 10.9 Å². The predicted molar refractivity (Wildman–Crippen MR) is 96.8 cm³/mol. The van der Waals surface area contributed by atoms with Crippen molar-refractivity contribution in [2.24, 2.45) is 0 Å². The molecule has 0 amide bonds. The van der Waals surface area contributed by atoms with Crippen molar-refractivity contribution in [1.82, 2.24) is 15.3 Å². The molecule has 3 rings (SSSR count). The summed E-state index contributed by atoms with van der Waals surface area (Å²) in [4.78, 5) is 17.8. The molecule has 126 valence electrons. The Morgan fingerprint density at radius 1 is 1.29 bits per heavy atom. The van der Waals surface area contributed by atoms with Crippen LogP contribution in [0.15, 0.2) is 42.7 Å². The number of rotatable bonds is 4. The number of aryl methyl sites for hydroxylation is 1. The second kappa shape index (κ2) is 8.07. The number of pyridine rings is 1. The van der Waals surface area contributed by atoms with Crippen molar-refractivity contribution in [2.45, 2.75) is 13.3 Å². The molecule has 0 saturated heterocycles. The van der Waals surface area contributed by atoms with Crippen LogP contribution in [-0.2, 0) is 6.42 Å². The second-order valence-corrected chi connectivity index (χ2v) is 5.18. The molecule has 3 N–H and O–H groups in total. The van der Waals surface area contributed by atoms with Crippen LogP contribution in [0.5, 0.6) is 0 Å². The molecule has 0 fully saturated rings. The van der Waals surface area contributed by atoms with Crippen LogP contribution in [0.2, 0.25) is 0 Å². The van der Waals surface area contributed by atoms with E-state index in [1.807, 2.05) is 38.5 Å². The molecule has 0 saturated carbocycles. The van der Waals surface area contributed by atoms with Gasteiger partial charge in [-0.15, -0.1) is 0 Å². The van der Waals surface area contributed by atoms with E-state index >= 15 is 0 Å². The number of aromatic nitrogens is 2. The maximum absolute atomic E-state index is 11.0. The van der Waals surface area contributed by atoms with Gasteiger partial charge in [0.2, 0.25) is 5.82 Å². The number of nitro groups is 1. The second-order valence-electron chi connectivity index (χ2n) is 5.18. The lowest BCUT2D eigenvalue weighted by atomic mass is 10.1. The van der Waals surface area contributed by atoms with E-state index in [1.54, 1.807) is 6.07 Å². The fourth-order valence-electron chi connectivity index (χ4n) is 2.33. The quantitative estimate of drug-likeness (QED) is 0.502. The molecule has 0 spiro atoms. The number of H-pyrrole nitrogens is 1. The Labute approximate surface area is 140 Å². The highest BCUT2D eigenvalue weighted by atomic mass is 16.6. The van der Waals surface area contributed by atoms with Gasteiger partial charge in [0, 0.05) is 35.1 Å². The monoisotopic (exact) mass is 327 g/mol. The molecular weight excluding hydrogens is 306 g/mol. The summed E-state index contributed by atoms with van der Waals surface area (Å²) in [7, 11) is 3.75. The van der Waals surface area contributed by atoms with Crippen LogP contribution >= 0.6 is 0 Å². The van der Waals surface area contributed by atoms with Crippen molar-refractivity contribution < 1.29 is 4.92 Å². The summed E-state index contributed by atoms with van der Waals surface area (Å²) in [5, 5.41) is 17.9. The first-order chi connectivity index (χ1) is 11.6. The molecule has 7 heteroatoms. The average molecular weight is 327 g/mol. The average Bonchev–Trinajstić information content (AvgIpc) is 2.98. The summed E-state index contributed by atoms with van der Waals surface area (Å²) >= 11 is 0. The van der Waals surface area contributed by atoms with Crippen LogP contribution in [0, 0.1) is 10.1 Å². The fraction of sp³-hybridized carbons (Fsp3) is 0.235. The molecule has 0 unspecified atom stereocenters. The third kappa shape index (κ3) is 3.88. The summed E-state index contributed by atoms with van der Waals surface area (Å²) in [6, 6.07) is 8.78. The number of fused-ring (bicyclic) bond motifs is 1. The Morgan fingerprint density at radius 3 is 2.71 bits per heavy atom. The zero-order valence-corrected chi connectivity index (χ0v) is 14.0. The summed E-state index contributed by atoms with van der Waals surface area (Å²) < 4.78 is 0. The number of aromatic amines is 1. The Bertz CT molecular complexity index is 829. The van der Waals surface area contributed by atoms with Gasteiger partial charge in [0.05, 0.1) is 4.92 Å². The predicted octanol–water partition coefficient (Wildman–Crippen LogP) is 3.61.